The maximum atomic E-state index is 5.82. The van der Waals surface area contributed by atoms with Crippen molar-refractivity contribution in [1.29, 1.82) is 0 Å². The fraction of sp³-hybridized carbons (Fsp3) is 0.286. The van der Waals surface area contributed by atoms with Crippen molar-refractivity contribution in [3.8, 4) is 28.5 Å². The Balaban J connectivity index is 1.04. The number of fused-ring (bicyclic) bond motifs is 10. The summed E-state index contributed by atoms with van der Waals surface area (Å²) in [4.78, 5) is 22.5. The number of rotatable bonds is 8. The zero-order chi connectivity index (χ0) is 46.6. The largest absolute Gasteiger partial charge is 0.335 e. The number of anilines is 3. The van der Waals surface area contributed by atoms with Crippen molar-refractivity contribution < 1.29 is 0 Å². The molecule has 69 heavy (non-hydrogen) atoms. The van der Waals surface area contributed by atoms with E-state index in [4.69, 9.17) is 15.0 Å². The second-order valence-corrected chi connectivity index (χ2v) is 21.3. The topological polar surface area (TPSA) is 50.1 Å². The summed E-state index contributed by atoms with van der Waals surface area (Å²) in [5.74, 6) is 4.36. The number of hydrogen-bond acceptors (Lipinski definition) is 5. The van der Waals surface area contributed by atoms with Gasteiger partial charge in [-0.1, -0.05) is 130 Å². The summed E-state index contributed by atoms with van der Waals surface area (Å²) in [5.41, 5.74) is 15.3. The molecule has 4 heterocycles. The molecule has 2 saturated carbocycles. The molecule has 13 rings (SSSR count). The minimum atomic E-state index is -0.374. The van der Waals surface area contributed by atoms with Crippen LogP contribution in [0.2, 0.25) is 0 Å². The number of benzene rings is 6. The van der Waals surface area contributed by atoms with Gasteiger partial charge in [0.1, 0.15) is 5.82 Å². The number of allylic oxidation sites excluding steroid dienone is 3. The highest BCUT2D eigenvalue weighted by atomic mass is 15.3. The summed E-state index contributed by atoms with van der Waals surface area (Å²) >= 11 is 0. The van der Waals surface area contributed by atoms with Gasteiger partial charge in [0, 0.05) is 44.4 Å². The predicted octanol–water partition coefficient (Wildman–Crippen LogP) is 15.6. The first-order chi connectivity index (χ1) is 33.8. The van der Waals surface area contributed by atoms with Crippen molar-refractivity contribution in [3.63, 3.8) is 0 Å². The lowest BCUT2D eigenvalue weighted by molar-refractivity contribution is 0.0720. The highest BCUT2D eigenvalue weighted by Gasteiger charge is 2.57. The van der Waals surface area contributed by atoms with Crippen LogP contribution in [-0.2, 0) is 10.8 Å². The van der Waals surface area contributed by atoms with E-state index in [-0.39, 0.29) is 16.9 Å². The maximum absolute atomic E-state index is 5.82. The highest BCUT2D eigenvalue weighted by Crippen LogP contribution is 2.61. The molecule has 6 nitrogen and oxygen atoms in total. The van der Waals surface area contributed by atoms with E-state index in [2.05, 4.69) is 213 Å². The van der Waals surface area contributed by atoms with Gasteiger partial charge in [0.2, 0.25) is 0 Å². The Morgan fingerprint density at radius 3 is 1.83 bits per heavy atom. The molecule has 6 heteroatoms. The smallest absolute Gasteiger partial charge is 0.165 e. The van der Waals surface area contributed by atoms with E-state index >= 15 is 0 Å². The molecule has 342 valence electrons. The van der Waals surface area contributed by atoms with Gasteiger partial charge < -0.3 is 14.4 Å². The average molecular weight is 901 g/mol. The van der Waals surface area contributed by atoms with Crippen molar-refractivity contribution >= 4 is 38.9 Å². The van der Waals surface area contributed by atoms with Crippen LogP contribution in [0.1, 0.15) is 91.0 Å². The average Bonchev–Trinajstić information content (AvgIpc) is 3.96. The molecule has 4 unspecified atom stereocenters. The molecule has 0 amide bonds. The lowest BCUT2D eigenvalue weighted by atomic mass is 9.56. The van der Waals surface area contributed by atoms with Crippen molar-refractivity contribution in [2.24, 2.45) is 17.8 Å². The van der Waals surface area contributed by atoms with Crippen LogP contribution in [0.3, 0.4) is 0 Å². The Kier molecular flexibility index (Phi) is 9.77. The number of aromatic nitrogens is 4. The van der Waals surface area contributed by atoms with Gasteiger partial charge in [-0.15, -0.1) is 0 Å². The lowest BCUT2D eigenvalue weighted by Crippen LogP contribution is -2.49. The fourth-order valence-electron chi connectivity index (χ4n) is 14.4. The zero-order valence-corrected chi connectivity index (χ0v) is 40.5. The highest BCUT2D eigenvalue weighted by molar-refractivity contribution is 6.09. The molecule has 0 radical (unpaired) electrons. The summed E-state index contributed by atoms with van der Waals surface area (Å²) in [6.07, 6.45) is 12.7. The normalized spacial score (nSPS) is 24.9. The Hall–Kier alpha value is -7.05. The van der Waals surface area contributed by atoms with Gasteiger partial charge >= 0.3 is 0 Å². The third-order valence-electron chi connectivity index (χ3n) is 16.8. The molecule has 6 aromatic carbocycles. The van der Waals surface area contributed by atoms with Crippen molar-refractivity contribution in [3.05, 3.63) is 198 Å². The van der Waals surface area contributed by atoms with E-state index in [0.717, 1.165) is 72.1 Å². The van der Waals surface area contributed by atoms with Crippen molar-refractivity contribution in [2.75, 3.05) is 9.80 Å². The van der Waals surface area contributed by atoms with Gasteiger partial charge in [-0.25, -0.2) is 15.0 Å². The minimum absolute atomic E-state index is 0.00427. The first-order valence-electron chi connectivity index (χ1n) is 25.6. The Bertz CT molecular complexity index is 3370. The third-order valence-corrected chi connectivity index (χ3v) is 16.8. The Morgan fingerprint density at radius 1 is 0.594 bits per heavy atom. The molecule has 0 N–H and O–H groups in total. The fourth-order valence-corrected chi connectivity index (χ4v) is 14.4. The molecule has 2 bridgehead atoms. The molecule has 6 atom stereocenters. The van der Waals surface area contributed by atoms with Gasteiger partial charge in [0.15, 0.2) is 11.6 Å². The molecule has 2 aromatic heterocycles. The monoisotopic (exact) mass is 900 g/mol. The molecular weight excluding hydrogens is 841 g/mol. The summed E-state index contributed by atoms with van der Waals surface area (Å²) in [6.45, 7) is 12.1. The molecule has 5 aliphatic rings. The predicted molar refractivity (Wildman–Crippen MR) is 284 cm³/mol. The lowest BCUT2D eigenvalue weighted by Gasteiger charge is -2.49. The van der Waals surface area contributed by atoms with Crippen LogP contribution in [0.5, 0.6) is 0 Å². The Labute approximate surface area is 406 Å². The molecule has 8 aromatic rings. The zero-order valence-electron chi connectivity index (χ0n) is 40.5. The van der Waals surface area contributed by atoms with E-state index in [1.165, 1.54) is 74.1 Å². The van der Waals surface area contributed by atoms with Crippen LogP contribution in [-0.4, -0.2) is 25.6 Å². The molecule has 0 spiro atoms. The van der Waals surface area contributed by atoms with E-state index in [1.807, 2.05) is 0 Å². The maximum Gasteiger partial charge on any atom is 0.165 e. The second-order valence-electron chi connectivity index (χ2n) is 21.3. The number of nitrogens with zero attached hydrogens (tertiary/aromatic N) is 6. The summed E-state index contributed by atoms with van der Waals surface area (Å²) in [6, 6.07) is 55.4. The SMILES string of the molecule is CCCC1=C(C)C2=CC=C3N(c4ccccc4)c4ccccc4C3(C)C2N1c1ccccc1-c1nc(-c2ccccc2-n2c3ccccc3c3ccccc32)nc(C23CC(C[C@@H](C)C2)C[C@H](C)C3)n1. The molecule has 2 fully saturated rings. The number of hydrogen-bond donors (Lipinski definition) is 0. The summed E-state index contributed by atoms with van der Waals surface area (Å²) in [7, 11) is 0. The van der Waals surface area contributed by atoms with Gasteiger partial charge in [-0.05, 0) is 148 Å². The van der Waals surface area contributed by atoms with Gasteiger partial charge in [-0.2, -0.15) is 0 Å². The van der Waals surface area contributed by atoms with E-state index in [9.17, 15) is 0 Å². The molecule has 3 aliphatic carbocycles. The first kappa shape index (κ1) is 42.1. The van der Waals surface area contributed by atoms with Crippen LogP contribution < -0.4 is 9.80 Å². The second kappa shape index (κ2) is 16.0. The van der Waals surface area contributed by atoms with E-state index in [1.54, 1.807) is 0 Å². The molecule has 0 saturated heterocycles. The van der Waals surface area contributed by atoms with Gasteiger partial charge in [0.25, 0.3) is 0 Å². The van der Waals surface area contributed by atoms with Gasteiger partial charge in [0.05, 0.1) is 39.6 Å². The van der Waals surface area contributed by atoms with E-state index < -0.39 is 0 Å². The first-order valence-corrected chi connectivity index (χ1v) is 25.6. The Morgan fingerprint density at radius 2 is 1.16 bits per heavy atom. The summed E-state index contributed by atoms with van der Waals surface area (Å²) in [5, 5.41) is 2.48. The van der Waals surface area contributed by atoms with E-state index in [0.29, 0.717) is 17.8 Å². The minimum Gasteiger partial charge on any atom is -0.335 e. The van der Waals surface area contributed by atoms with Crippen LogP contribution in [0.4, 0.5) is 17.1 Å². The van der Waals surface area contributed by atoms with Crippen LogP contribution in [0.25, 0.3) is 50.3 Å². The number of para-hydroxylation sites is 6. The summed E-state index contributed by atoms with van der Waals surface area (Å²) < 4.78 is 2.42. The standard InChI is InChI=1S/C63H60N6/c1-6-20-51-42(4)45-33-34-57-62(5,50-27-14-19-32-56(50)67(57)44-21-8-7-9-22-44)58(45)69(51)55-31-18-13-26-49(55)60-64-59(65-61(66-60)63-37-40(2)35-43(39-63)36-41(3)38-63)48-25-12-17-30-54(48)68-52-28-15-10-23-46(52)47-24-11-16-29-53(47)68/h7-19,21-34,40-41,43,58H,6,20,35-39H2,1-5H3/t40-,41+,43?,58?,62?,63?. The molecular formula is C63H60N6. The van der Waals surface area contributed by atoms with Gasteiger partial charge in [-0.3, -0.25) is 0 Å². The molecule has 2 aliphatic heterocycles. The van der Waals surface area contributed by atoms with Crippen molar-refractivity contribution in [1.82, 2.24) is 19.5 Å². The van der Waals surface area contributed by atoms with Crippen LogP contribution >= 0.6 is 0 Å². The third kappa shape index (κ3) is 6.33. The van der Waals surface area contributed by atoms with Crippen LogP contribution in [0, 0.1) is 17.8 Å². The van der Waals surface area contributed by atoms with Crippen molar-refractivity contribution in [2.45, 2.75) is 96.4 Å². The quantitative estimate of drug-likeness (QED) is 0.152. The van der Waals surface area contributed by atoms with Crippen LogP contribution in [0.15, 0.2) is 186 Å².